The second-order valence-electron chi connectivity index (χ2n) is 5.21. The zero-order valence-electron chi connectivity index (χ0n) is 15.1. The Kier molecular flexibility index (Phi) is 12.1. The van der Waals surface area contributed by atoms with Crippen molar-refractivity contribution in [1.82, 2.24) is 0 Å². The fraction of sp³-hybridized carbons (Fsp3) is 1.00. The van der Waals surface area contributed by atoms with Gasteiger partial charge in [0.25, 0.3) is 11.9 Å². The number of rotatable bonds is 15. The van der Waals surface area contributed by atoms with Gasteiger partial charge in [0.2, 0.25) is 0 Å². The van der Waals surface area contributed by atoms with Crippen LogP contribution < -0.4 is 0 Å². The third-order valence-electron chi connectivity index (χ3n) is 4.08. The van der Waals surface area contributed by atoms with Crippen molar-refractivity contribution in [3.63, 3.8) is 0 Å². The topological polar surface area (TPSA) is 55.4 Å². The van der Waals surface area contributed by atoms with Gasteiger partial charge in [-0.1, -0.05) is 25.7 Å². The first-order valence-electron chi connectivity index (χ1n) is 7.88. The largest absolute Gasteiger partial charge is 0.331 e. The zero-order chi connectivity index (χ0) is 16.9. The van der Waals surface area contributed by atoms with Gasteiger partial charge < -0.3 is 28.4 Å². The molecule has 0 rings (SSSR count). The molecule has 0 aromatic carbocycles. The molecule has 6 nitrogen and oxygen atoms in total. The summed E-state index contributed by atoms with van der Waals surface area (Å²) in [6.45, 7) is 0. The van der Waals surface area contributed by atoms with E-state index in [2.05, 4.69) is 0 Å². The normalized spacial score (nSPS) is 12.8. The summed E-state index contributed by atoms with van der Waals surface area (Å²) in [5, 5.41) is 0. The Morgan fingerprint density at radius 2 is 0.636 bits per heavy atom. The lowest BCUT2D eigenvalue weighted by atomic mass is 10.1. The Bertz CT molecular complexity index is 208. The number of hydrogen-bond donors (Lipinski definition) is 0. The molecular formula is C16H34O6. The Morgan fingerprint density at radius 3 is 0.864 bits per heavy atom. The molecule has 0 aliphatic rings. The molecule has 0 fully saturated rings. The fourth-order valence-electron chi connectivity index (χ4n) is 2.50. The molecule has 0 spiro atoms. The maximum atomic E-state index is 5.27. The van der Waals surface area contributed by atoms with E-state index >= 15 is 0 Å². The van der Waals surface area contributed by atoms with Gasteiger partial charge in [-0.2, -0.15) is 0 Å². The summed E-state index contributed by atoms with van der Waals surface area (Å²) < 4.78 is 31.6. The Hall–Kier alpha value is -0.240. The highest BCUT2D eigenvalue weighted by atomic mass is 16.9. The molecule has 0 amide bonds. The van der Waals surface area contributed by atoms with E-state index in [1.54, 1.807) is 42.7 Å². The molecule has 0 unspecified atom stereocenters. The second-order valence-corrected chi connectivity index (χ2v) is 5.21. The molecule has 0 saturated heterocycles. The molecule has 0 atom stereocenters. The van der Waals surface area contributed by atoms with E-state index in [-0.39, 0.29) is 0 Å². The van der Waals surface area contributed by atoms with E-state index in [1.807, 2.05) is 0 Å². The summed E-state index contributed by atoms with van der Waals surface area (Å²) in [7, 11) is 9.59. The van der Waals surface area contributed by atoms with E-state index in [9.17, 15) is 0 Å². The third-order valence-corrected chi connectivity index (χ3v) is 4.08. The molecule has 0 saturated carbocycles. The molecule has 22 heavy (non-hydrogen) atoms. The van der Waals surface area contributed by atoms with Crippen LogP contribution in [0.5, 0.6) is 0 Å². The number of methoxy groups -OCH3 is 6. The van der Waals surface area contributed by atoms with Gasteiger partial charge >= 0.3 is 0 Å². The number of hydrogen-bond acceptors (Lipinski definition) is 6. The van der Waals surface area contributed by atoms with Crippen molar-refractivity contribution in [3.05, 3.63) is 0 Å². The van der Waals surface area contributed by atoms with Crippen LogP contribution in [0.3, 0.4) is 0 Å². The van der Waals surface area contributed by atoms with Crippen molar-refractivity contribution in [2.24, 2.45) is 0 Å². The summed E-state index contributed by atoms with van der Waals surface area (Å²) in [5.74, 6) is -1.79. The monoisotopic (exact) mass is 322 g/mol. The minimum Gasteiger partial charge on any atom is -0.331 e. The van der Waals surface area contributed by atoms with Crippen LogP contribution in [0.15, 0.2) is 0 Å². The van der Waals surface area contributed by atoms with Crippen molar-refractivity contribution < 1.29 is 28.4 Å². The molecular weight excluding hydrogens is 288 g/mol. The Labute approximate surface area is 135 Å². The van der Waals surface area contributed by atoms with Gasteiger partial charge in [0, 0.05) is 55.5 Å². The van der Waals surface area contributed by atoms with Crippen LogP contribution in [0.4, 0.5) is 0 Å². The molecule has 6 heteroatoms. The van der Waals surface area contributed by atoms with Crippen LogP contribution in [0.25, 0.3) is 0 Å². The van der Waals surface area contributed by atoms with E-state index in [1.165, 1.54) is 12.8 Å². The number of unbranched alkanes of at least 4 members (excludes halogenated alkanes) is 5. The summed E-state index contributed by atoms with van der Waals surface area (Å²) >= 11 is 0. The maximum absolute atomic E-state index is 5.27. The first kappa shape index (κ1) is 21.8. The first-order chi connectivity index (χ1) is 10.6. The molecule has 0 radical (unpaired) electrons. The van der Waals surface area contributed by atoms with Gasteiger partial charge in [0.15, 0.2) is 0 Å². The van der Waals surface area contributed by atoms with Crippen LogP contribution in [-0.4, -0.2) is 54.6 Å². The van der Waals surface area contributed by atoms with Crippen LogP contribution in [0, 0.1) is 0 Å². The fourth-order valence-corrected chi connectivity index (χ4v) is 2.50. The number of ether oxygens (including phenoxy) is 6. The molecule has 0 aromatic rings. The van der Waals surface area contributed by atoms with E-state index in [4.69, 9.17) is 28.4 Å². The molecule has 0 aliphatic carbocycles. The van der Waals surface area contributed by atoms with Gasteiger partial charge in [-0.3, -0.25) is 0 Å². The van der Waals surface area contributed by atoms with Crippen LogP contribution >= 0.6 is 0 Å². The molecule has 134 valence electrons. The third kappa shape index (κ3) is 7.35. The minimum absolute atomic E-state index is 0.733. The van der Waals surface area contributed by atoms with Crippen molar-refractivity contribution in [2.75, 3.05) is 42.7 Å². The molecule has 0 bridgehead atoms. The van der Waals surface area contributed by atoms with Crippen LogP contribution in [0.2, 0.25) is 0 Å². The van der Waals surface area contributed by atoms with Crippen molar-refractivity contribution in [2.45, 2.75) is 63.3 Å². The highest BCUT2D eigenvalue weighted by molar-refractivity contribution is 4.58. The smallest absolute Gasteiger partial charge is 0.282 e. The Balaban J connectivity index is 3.70. The quantitative estimate of drug-likeness (QED) is 0.341. The van der Waals surface area contributed by atoms with E-state index in [0.29, 0.717) is 0 Å². The zero-order valence-corrected chi connectivity index (χ0v) is 15.1. The molecule has 0 N–H and O–H groups in total. The predicted octanol–water partition coefficient (Wildman–Crippen LogP) is 3.29. The van der Waals surface area contributed by atoms with Gasteiger partial charge in [-0.05, 0) is 12.8 Å². The lowest BCUT2D eigenvalue weighted by molar-refractivity contribution is -0.355. The molecule has 0 aliphatic heterocycles. The van der Waals surface area contributed by atoms with Gasteiger partial charge in [0.1, 0.15) is 0 Å². The second kappa shape index (κ2) is 12.2. The van der Waals surface area contributed by atoms with E-state index < -0.39 is 11.9 Å². The summed E-state index contributed by atoms with van der Waals surface area (Å²) in [5.41, 5.74) is 0. The van der Waals surface area contributed by atoms with E-state index in [0.717, 1.165) is 38.5 Å². The minimum atomic E-state index is -0.894. The molecule has 0 heterocycles. The van der Waals surface area contributed by atoms with Crippen LogP contribution in [0.1, 0.15) is 51.4 Å². The standard InChI is InChI=1S/C16H34O6/c1-17-15(18-2,19-3)13-11-9-7-8-10-12-14-16(20-4,21-5)22-6/h7-14H2,1-6H3. The van der Waals surface area contributed by atoms with Gasteiger partial charge in [-0.15, -0.1) is 0 Å². The average Bonchev–Trinajstić information content (AvgIpc) is 2.58. The van der Waals surface area contributed by atoms with Crippen LogP contribution in [-0.2, 0) is 28.4 Å². The SMILES string of the molecule is COC(CCCCCCCCC(OC)(OC)OC)(OC)OC. The Morgan fingerprint density at radius 1 is 0.409 bits per heavy atom. The van der Waals surface area contributed by atoms with Crippen molar-refractivity contribution >= 4 is 0 Å². The highest BCUT2D eigenvalue weighted by Gasteiger charge is 2.29. The summed E-state index contributed by atoms with van der Waals surface area (Å²) in [4.78, 5) is 0. The maximum Gasteiger partial charge on any atom is 0.282 e. The van der Waals surface area contributed by atoms with Crippen molar-refractivity contribution in [1.29, 1.82) is 0 Å². The van der Waals surface area contributed by atoms with Gasteiger partial charge in [0.05, 0.1) is 0 Å². The average molecular weight is 322 g/mol. The summed E-state index contributed by atoms with van der Waals surface area (Å²) in [6, 6.07) is 0. The summed E-state index contributed by atoms with van der Waals surface area (Å²) in [6.07, 6.45) is 8.08. The highest BCUT2D eigenvalue weighted by Crippen LogP contribution is 2.23. The predicted molar refractivity (Wildman–Crippen MR) is 84.5 cm³/mol. The van der Waals surface area contributed by atoms with Gasteiger partial charge in [-0.25, -0.2) is 0 Å². The lowest BCUT2D eigenvalue weighted by Gasteiger charge is -2.28. The lowest BCUT2D eigenvalue weighted by Crippen LogP contribution is -2.35. The molecule has 0 aromatic heterocycles. The first-order valence-corrected chi connectivity index (χ1v) is 7.88. The van der Waals surface area contributed by atoms with Crippen molar-refractivity contribution in [3.8, 4) is 0 Å².